The maximum Gasteiger partial charge on any atom is 0.440 e. The zero-order valence-electron chi connectivity index (χ0n) is 17.8. The topological polar surface area (TPSA) is 97.6 Å². The summed E-state index contributed by atoms with van der Waals surface area (Å²) in [5, 5.41) is 8.02. The second-order valence-electron chi connectivity index (χ2n) is 8.20. The molecule has 0 radical (unpaired) electrons. The molecule has 1 aliphatic carbocycles. The largest absolute Gasteiger partial charge is 0.440 e. The number of carbonyl (C=O) groups is 2. The minimum atomic E-state index is -5.11. The zero-order valence-corrected chi connectivity index (χ0v) is 17.8. The summed E-state index contributed by atoms with van der Waals surface area (Å²) in [5.41, 5.74) is -2.19. The highest BCUT2D eigenvalue weighted by Gasteiger charge is 2.67. The van der Waals surface area contributed by atoms with Crippen LogP contribution >= 0.6 is 0 Å². The second kappa shape index (κ2) is 8.10. The Labute approximate surface area is 182 Å². The van der Waals surface area contributed by atoms with Crippen molar-refractivity contribution in [2.75, 3.05) is 12.4 Å². The van der Waals surface area contributed by atoms with E-state index in [2.05, 4.69) is 15.5 Å². The lowest BCUT2D eigenvalue weighted by Gasteiger charge is -2.32. The number of hydrogen-bond acceptors (Lipinski definition) is 5. The highest BCUT2D eigenvalue weighted by atomic mass is 19.4. The van der Waals surface area contributed by atoms with Crippen LogP contribution in [0.4, 0.5) is 19.1 Å². The van der Waals surface area contributed by atoms with Gasteiger partial charge in [-0.2, -0.15) is 13.2 Å². The normalized spacial score (nSPS) is 21.7. The number of para-hydroxylation sites is 1. The Bertz CT molecular complexity index is 1090. The van der Waals surface area contributed by atoms with E-state index in [0.717, 1.165) is 30.3 Å². The maximum atomic E-state index is 14.5. The Kier molecular flexibility index (Phi) is 5.59. The summed E-state index contributed by atoms with van der Waals surface area (Å²) in [5.74, 6) is -2.19. The number of nitrogens with one attached hydrogen (secondary N) is 2. The van der Waals surface area contributed by atoms with Crippen LogP contribution in [-0.4, -0.2) is 40.4 Å². The Morgan fingerprint density at radius 2 is 2.09 bits per heavy atom. The van der Waals surface area contributed by atoms with Crippen LogP contribution in [0.25, 0.3) is 11.0 Å². The molecule has 1 aromatic carbocycles. The third-order valence-corrected chi connectivity index (χ3v) is 6.18. The zero-order chi connectivity index (χ0) is 23.1. The van der Waals surface area contributed by atoms with Gasteiger partial charge in [-0.3, -0.25) is 19.5 Å². The van der Waals surface area contributed by atoms with Crippen LogP contribution in [0.3, 0.4) is 0 Å². The van der Waals surface area contributed by atoms with E-state index in [9.17, 15) is 22.8 Å². The summed E-state index contributed by atoms with van der Waals surface area (Å²) in [6.45, 7) is 1.63. The van der Waals surface area contributed by atoms with Crippen LogP contribution in [0.15, 0.2) is 23.4 Å². The van der Waals surface area contributed by atoms with Crippen molar-refractivity contribution < 1.29 is 27.6 Å². The first-order valence-corrected chi connectivity index (χ1v) is 10.5. The number of alkyl halides is 3. The molecule has 0 bridgehead atoms. The first-order chi connectivity index (χ1) is 15.2. The number of amides is 2. The molecule has 11 heteroatoms. The fraction of sp³-hybridized carbons (Fsp3) is 0.524. The summed E-state index contributed by atoms with van der Waals surface area (Å²) in [6, 6.07) is 4.59. The highest BCUT2D eigenvalue weighted by Crippen LogP contribution is 2.44. The van der Waals surface area contributed by atoms with E-state index in [0.29, 0.717) is 23.6 Å². The second-order valence-corrected chi connectivity index (χ2v) is 8.20. The number of oxime groups is 1. The number of benzene rings is 1. The average molecular weight is 451 g/mol. The number of rotatable bonds is 6. The van der Waals surface area contributed by atoms with Gasteiger partial charge in [0.25, 0.3) is 11.6 Å². The minimum absolute atomic E-state index is 0.0370. The Morgan fingerprint density at radius 3 is 2.75 bits per heavy atom. The van der Waals surface area contributed by atoms with Gasteiger partial charge in [-0.05, 0) is 25.3 Å². The van der Waals surface area contributed by atoms with Gasteiger partial charge in [0.15, 0.2) is 0 Å². The minimum Gasteiger partial charge on any atom is -0.399 e. The molecule has 1 fully saturated rings. The van der Waals surface area contributed by atoms with E-state index in [4.69, 9.17) is 4.84 Å². The van der Waals surface area contributed by atoms with Crippen LogP contribution in [0.1, 0.15) is 51.0 Å². The van der Waals surface area contributed by atoms with Crippen LogP contribution < -0.4 is 10.6 Å². The van der Waals surface area contributed by atoms with Gasteiger partial charge in [0.05, 0.1) is 11.2 Å². The van der Waals surface area contributed by atoms with Gasteiger partial charge in [0, 0.05) is 12.0 Å². The molecule has 2 N–H and O–H groups in total. The molecular formula is C21H24F3N5O3. The number of hydrogen-bond donors (Lipinski definition) is 2. The SMILES string of the molecule is CO/N=C(\C)c1cccc2c1nc1n2C(NC(=O)CCC2CCCC2)(C(F)(F)F)C(=O)N1. The molecular weight excluding hydrogens is 427 g/mol. The van der Waals surface area contributed by atoms with Crippen molar-refractivity contribution in [1.29, 1.82) is 0 Å². The molecule has 1 saturated carbocycles. The average Bonchev–Trinajstić information content (AvgIpc) is 3.42. The Balaban J connectivity index is 1.77. The molecule has 4 rings (SSSR count). The molecule has 172 valence electrons. The van der Waals surface area contributed by atoms with E-state index >= 15 is 0 Å². The van der Waals surface area contributed by atoms with E-state index < -0.39 is 23.7 Å². The molecule has 0 saturated heterocycles. The number of fused-ring (bicyclic) bond motifs is 3. The summed E-state index contributed by atoms with van der Waals surface area (Å²) in [6.07, 6.45) is -0.609. The number of aromatic nitrogens is 2. The fourth-order valence-electron chi connectivity index (χ4n) is 4.63. The van der Waals surface area contributed by atoms with Gasteiger partial charge >= 0.3 is 6.18 Å². The third-order valence-electron chi connectivity index (χ3n) is 6.18. The molecule has 2 amide bonds. The molecule has 1 unspecified atom stereocenters. The highest BCUT2D eigenvalue weighted by molar-refractivity contribution is 6.11. The van der Waals surface area contributed by atoms with Gasteiger partial charge in [-0.15, -0.1) is 0 Å². The predicted octanol–water partition coefficient (Wildman–Crippen LogP) is 3.66. The fourth-order valence-corrected chi connectivity index (χ4v) is 4.63. The maximum absolute atomic E-state index is 14.5. The standard InChI is InChI=1S/C21H24F3N5O3/c1-12(28-32-2)14-8-5-9-15-17(14)25-19-26-18(31)20(29(15)19,21(22,23)24)27-16(30)11-10-13-6-3-4-7-13/h5,8-9,13H,3-4,6-7,10-11H2,1-2H3,(H,27,30)(H,25,26,31)/b28-12+. The van der Waals surface area contributed by atoms with Crippen molar-refractivity contribution in [3.8, 4) is 0 Å². The van der Waals surface area contributed by atoms with Crippen molar-refractivity contribution in [3.63, 3.8) is 0 Å². The summed E-state index contributed by atoms with van der Waals surface area (Å²) >= 11 is 0. The van der Waals surface area contributed by atoms with Crippen molar-refractivity contribution >= 4 is 34.5 Å². The van der Waals surface area contributed by atoms with Crippen molar-refractivity contribution in [2.24, 2.45) is 11.1 Å². The third kappa shape index (κ3) is 3.49. The molecule has 2 aliphatic rings. The van der Waals surface area contributed by atoms with Crippen LogP contribution in [0.2, 0.25) is 0 Å². The summed E-state index contributed by atoms with van der Waals surface area (Å²) in [7, 11) is 1.35. The van der Waals surface area contributed by atoms with Gasteiger partial charge < -0.3 is 10.2 Å². The van der Waals surface area contributed by atoms with E-state index in [1.807, 2.05) is 5.32 Å². The van der Waals surface area contributed by atoms with Gasteiger partial charge in [0.2, 0.25) is 11.9 Å². The lowest BCUT2D eigenvalue weighted by Crippen LogP contribution is -2.63. The molecule has 0 spiro atoms. The first kappa shape index (κ1) is 22.1. The monoisotopic (exact) mass is 451 g/mol. The number of carbonyl (C=O) groups excluding carboxylic acids is 2. The number of anilines is 1. The molecule has 1 aromatic heterocycles. The molecule has 1 aliphatic heterocycles. The van der Waals surface area contributed by atoms with Crippen LogP contribution in [0.5, 0.6) is 0 Å². The van der Waals surface area contributed by atoms with E-state index in [1.165, 1.54) is 19.2 Å². The number of imidazole rings is 1. The van der Waals surface area contributed by atoms with Gasteiger partial charge in [0.1, 0.15) is 12.6 Å². The molecule has 1 atom stereocenters. The van der Waals surface area contributed by atoms with E-state index in [-0.39, 0.29) is 23.4 Å². The van der Waals surface area contributed by atoms with Crippen molar-refractivity contribution in [1.82, 2.24) is 14.9 Å². The lowest BCUT2D eigenvalue weighted by molar-refractivity contribution is -0.217. The van der Waals surface area contributed by atoms with Crippen molar-refractivity contribution in [2.45, 2.75) is 57.3 Å². The molecule has 32 heavy (non-hydrogen) atoms. The quantitative estimate of drug-likeness (QED) is 0.517. The Morgan fingerprint density at radius 1 is 1.38 bits per heavy atom. The van der Waals surface area contributed by atoms with E-state index in [1.54, 1.807) is 13.0 Å². The molecule has 8 nitrogen and oxygen atoms in total. The first-order valence-electron chi connectivity index (χ1n) is 10.5. The molecule has 2 aromatic rings. The summed E-state index contributed by atoms with van der Waals surface area (Å²) in [4.78, 5) is 34.3. The van der Waals surface area contributed by atoms with Crippen LogP contribution in [0, 0.1) is 5.92 Å². The summed E-state index contributed by atoms with van der Waals surface area (Å²) < 4.78 is 44.1. The van der Waals surface area contributed by atoms with Crippen molar-refractivity contribution in [3.05, 3.63) is 23.8 Å². The van der Waals surface area contributed by atoms with Crippen LogP contribution in [-0.2, 0) is 20.1 Å². The smallest absolute Gasteiger partial charge is 0.399 e. The Hall–Kier alpha value is -3.11. The van der Waals surface area contributed by atoms with Gasteiger partial charge in [-0.1, -0.05) is 43.0 Å². The number of halogens is 3. The lowest BCUT2D eigenvalue weighted by atomic mass is 10.0. The number of nitrogens with zero attached hydrogens (tertiary/aromatic N) is 3. The van der Waals surface area contributed by atoms with Gasteiger partial charge in [-0.25, -0.2) is 4.98 Å². The molecule has 2 heterocycles. The predicted molar refractivity (Wildman–Crippen MR) is 111 cm³/mol.